The lowest BCUT2D eigenvalue weighted by Gasteiger charge is -2.11. The highest BCUT2D eigenvalue weighted by Gasteiger charge is 2.19. The van der Waals surface area contributed by atoms with Crippen LogP contribution in [-0.4, -0.2) is 33.0 Å². The average molecular weight is 256 g/mol. The van der Waals surface area contributed by atoms with Gasteiger partial charge < -0.3 is 10.6 Å². The van der Waals surface area contributed by atoms with Crippen LogP contribution in [0.25, 0.3) is 0 Å². The first-order valence-electron chi connectivity index (χ1n) is 6.41. The quantitative estimate of drug-likeness (QED) is 0.864. The Hall–Kier alpha value is -2.08. The average Bonchev–Trinajstić information content (AvgIpc) is 2.93. The van der Waals surface area contributed by atoms with Gasteiger partial charge in [0.15, 0.2) is 0 Å². The zero-order valence-corrected chi connectivity index (χ0v) is 10.8. The predicted octanol–water partition coefficient (Wildman–Crippen LogP) is 1.40. The van der Waals surface area contributed by atoms with Crippen LogP contribution in [0.1, 0.15) is 23.9 Å². The van der Waals surface area contributed by atoms with Crippen molar-refractivity contribution in [2.45, 2.75) is 19.3 Å². The molecule has 0 saturated carbocycles. The third-order valence-electron chi connectivity index (χ3n) is 3.14. The predicted molar refractivity (Wildman–Crippen MR) is 72.3 cm³/mol. The van der Waals surface area contributed by atoms with Gasteiger partial charge in [-0.15, -0.1) is 0 Å². The second-order valence-corrected chi connectivity index (χ2v) is 4.61. The van der Waals surface area contributed by atoms with Crippen LogP contribution in [0.2, 0.25) is 0 Å². The van der Waals surface area contributed by atoms with Gasteiger partial charge in [0.05, 0.1) is 5.69 Å². The molecule has 0 unspecified atom stereocenters. The Morgan fingerprint density at radius 1 is 1.26 bits per heavy atom. The molecule has 0 aliphatic carbocycles. The fourth-order valence-corrected chi connectivity index (χ4v) is 2.25. The fourth-order valence-electron chi connectivity index (χ4n) is 2.25. The van der Waals surface area contributed by atoms with Gasteiger partial charge in [-0.25, -0.2) is 19.9 Å². The highest BCUT2D eigenvalue weighted by molar-refractivity contribution is 5.48. The van der Waals surface area contributed by atoms with Gasteiger partial charge in [0.25, 0.3) is 0 Å². The molecule has 6 nitrogen and oxygen atoms in total. The van der Waals surface area contributed by atoms with Gasteiger partial charge >= 0.3 is 0 Å². The molecule has 2 N–H and O–H groups in total. The van der Waals surface area contributed by atoms with Crippen LogP contribution >= 0.6 is 0 Å². The lowest BCUT2D eigenvalue weighted by Crippen LogP contribution is -2.10. The van der Waals surface area contributed by atoms with E-state index < -0.39 is 0 Å². The van der Waals surface area contributed by atoms with Crippen molar-refractivity contribution in [3.63, 3.8) is 0 Å². The van der Waals surface area contributed by atoms with Crippen molar-refractivity contribution in [1.82, 2.24) is 25.3 Å². The molecule has 1 atom stereocenters. The molecule has 2 aromatic heterocycles. The van der Waals surface area contributed by atoms with E-state index >= 15 is 0 Å². The molecular formula is C13H16N6. The van der Waals surface area contributed by atoms with Crippen molar-refractivity contribution in [2.75, 3.05) is 18.4 Å². The summed E-state index contributed by atoms with van der Waals surface area (Å²) in [5.41, 5.74) is 1.08. The van der Waals surface area contributed by atoms with Crippen molar-refractivity contribution >= 4 is 11.8 Å². The van der Waals surface area contributed by atoms with Crippen molar-refractivity contribution in [3.05, 3.63) is 36.0 Å². The van der Waals surface area contributed by atoms with E-state index in [2.05, 4.69) is 30.6 Å². The van der Waals surface area contributed by atoms with Crippen molar-refractivity contribution in [3.8, 4) is 0 Å². The summed E-state index contributed by atoms with van der Waals surface area (Å²) in [5, 5.41) is 6.47. The first-order chi connectivity index (χ1) is 9.31. The molecule has 3 rings (SSSR count). The number of hydrogen-bond donors (Lipinski definition) is 2. The smallest absolute Gasteiger partial charge is 0.228 e. The van der Waals surface area contributed by atoms with E-state index in [-0.39, 0.29) is 0 Å². The number of hydrogen-bond acceptors (Lipinski definition) is 6. The van der Waals surface area contributed by atoms with Crippen LogP contribution in [0.3, 0.4) is 0 Å². The molecule has 3 heterocycles. The summed E-state index contributed by atoms with van der Waals surface area (Å²) in [4.78, 5) is 17.2. The highest BCUT2D eigenvalue weighted by atomic mass is 15.1. The van der Waals surface area contributed by atoms with Crippen molar-refractivity contribution < 1.29 is 0 Å². The van der Waals surface area contributed by atoms with E-state index in [9.17, 15) is 0 Å². The minimum atomic E-state index is 0.471. The first kappa shape index (κ1) is 12.0. The maximum atomic E-state index is 4.53. The Labute approximate surface area is 111 Å². The maximum Gasteiger partial charge on any atom is 0.228 e. The number of aryl methyl sites for hydroxylation is 1. The van der Waals surface area contributed by atoms with E-state index in [4.69, 9.17) is 0 Å². The SMILES string of the molecule is Cc1nc(Nc2ncccn2)cc([C@@H]2CCNC2)n1. The first-order valence-corrected chi connectivity index (χ1v) is 6.41. The Kier molecular flexibility index (Phi) is 3.33. The second kappa shape index (κ2) is 5.27. The van der Waals surface area contributed by atoms with Gasteiger partial charge in [0.2, 0.25) is 5.95 Å². The third kappa shape index (κ3) is 2.85. The maximum absolute atomic E-state index is 4.53. The molecule has 0 bridgehead atoms. The minimum Gasteiger partial charge on any atom is -0.316 e. The lowest BCUT2D eigenvalue weighted by atomic mass is 10.0. The molecule has 2 aromatic rings. The summed E-state index contributed by atoms with van der Waals surface area (Å²) in [7, 11) is 0. The zero-order chi connectivity index (χ0) is 13.1. The Morgan fingerprint density at radius 3 is 2.84 bits per heavy atom. The molecule has 1 aliphatic rings. The molecule has 0 aromatic carbocycles. The summed E-state index contributed by atoms with van der Waals surface area (Å²) >= 11 is 0. The Balaban J connectivity index is 1.85. The minimum absolute atomic E-state index is 0.471. The van der Waals surface area contributed by atoms with Gasteiger partial charge in [0, 0.05) is 30.9 Å². The molecule has 1 aliphatic heterocycles. The summed E-state index contributed by atoms with van der Waals surface area (Å²) in [5.74, 6) is 2.54. The van der Waals surface area contributed by atoms with E-state index in [0.29, 0.717) is 11.9 Å². The van der Waals surface area contributed by atoms with Crippen LogP contribution < -0.4 is 10.6 Å². The van der Waals surface area contributed by atoms with E-state index in [1.165, 1.54) is 0 Å². The van der Waals surface area contributed by atoms with Crippen molar-refractivity contribution in [2.24, 2.45) is 0 Å². The lowest BCUT2D eigenvalue weighted by molar-refractivity contribution is 0.725. The van der Waals surface area contributed by atoms with Crippen LogP contribution in [0.15, 0.2) is 24.5 Å². The molecule has 0 radical (unpaired) electrons. The van der Waals surface area contributed by atoms with Crippen LogP contribution in [0.5, 0.6) is 0 Å². The van der Waals surface area contributed by atoms with Gasteiger partial charge in [-0.3, -0.25) is 0 Å². The van der Waals surface area contributed by atoms with E-state index in [0.717, 1.165) is 36.8 Å². The molecule has 0 spiro atoms. The zero-order valence-electron chi connectivity index (χ0n) is 10.8. The molecule has 98 valence electrons. The molecular weight excluding hydrogens is 240 g/mol. The van der Waals surface area contributed by atoms with Gasteiger partial charge in [-0.2, -0.15) is 0 Å². The van der Waals surface area contributed by atoms with Crippen LogP contribution in [0, 0.1) is 6.92 Å². The van der Waals surface area contributed by atoms with Gasteiger partial charge in [-0.05, 0) is 26.0 Å². The molecule has 19 heavy (non-hydrogen) atoms. The standard InChI is InChI=1S/C13H16N6/c1-9-17-11(10-3-6-14-8-10)7-12(18-9)19-13-15-4-2-5-16-13/h2,4-5,7,10,14H,3,6,8H2,1H3,(H,15,16,17,18,19)/t10-/m1/s1. The monoisotopic (exact) mass is 256 g/mol. The largest absolute Gasteiger partial charge is 0.316 e. The Morgan fingerprint density at radius 2 is 2.11 bits per heavy atom. The van der Waals surface area contributed by atoms with Crippen molar-refractivity contribution in [1.29, 1.82) is 0 Å². The fraction of sp³-hybridized carbons (Fsp3) is 0.385. The summed E-state index contributed by atoms with van der Waals surface area (Å²) in [6.07, 6.45) is 4.52. The Bertz CT molecular complexity index is 550. The number of aromatic nitrogens is 4. The molecule has 1 saturated heterocycles. The van der Waals surface area contributed by atoms with Crippen LogP contribution in [0.4, 0.5) is 11.8 Å². The number of nitrogens with one attached hydrogen (secondary N) is 2. The van der Waals surface area contributed by atoms with Gasteiger partial charge in [-0.1, -0.05) is 0 Å². The summed E-state index contributed by atoms with van der Waals surface area (Å²) in [6.45, 7) is 3.94. The third-order valence-corrected chi connectivity index (χ3v) is 3.14. The topological polar surface area (TPSA) is 75.6 Å². The second-order valence-electron chi connectivity index (χ2n) is 4.61. The highest BCUT2D eigenvalue weighted by Crippen LogP contribution is 2.23. The van der Waals surface area contributed by atoms with E-state index in [1.807, 2.05) is 13.0 Å². The van der Waals surface area contributed by atoms with Gasteiger partial charge in [0.1, 0.15) is 11.6 Å². The summed E-state index contributed by atoms with van der Waals surface area (Å²) in [6, 6.07) is 3.77. The normalized spacial score (nSPS) is 18.5. The molecule has 0 amide bonds. The number of rotatable bonds is 3. The summed E-state index contributed by atoms with van der Waals surface area (Å²) < 4.78 is 0. The van der Waals surface area contributed by atoms with Crippen LogP contribution in [-0.2, 0) is 0 Å². The molecule has 1 fully saturated rings. The van der Waals surface area contributed by atoms with E-state index in [1.54, 1.807) is 18.5 Å². The number of anilines is 2. The molecule has 6 heteroatoms. The number of nitrogens with zero attached hydrogens (tertiary/aromatic N) is 4.